The number of nitrogens with zero attached hydrogens (tertiary/aromatic N) is 3. The Kier molecular flexibility index (Phi) is 9.63. The lowest BCUT2D eigenvalue weighted by Crippen LogP contribution is -2.26. The minimum Gasteiger partial charge on any atom is -0.352 e. The first kappa shape index (κ1) is 21.8. The molecular weight excluding hydrogens is 357 g/mol. The highest BCUT2D eigenvalue weighted by Gasteiger charge is 2.18. The average Bonchev–Trinajstić information content (AvgIpc) is 3.05. The van der Waals surface area contributed by atoms with E-state index in [1.807, 2.05) is 7.05 Å². The first-order valence-electron chi connectivity index (χ1n) is 6.83. The van der Waals surface area contributed by atoms with Crippen LogP contribution in [0.5, 0.6) is 0 Å². The fourth-order valence-electron chi connectivity index (χ4n) is 2.00. The van der Waals surface area contributed by atoms with Gasteiger partial charge in [-0.15, -0.1) is 24.8 Å². The number of rotatable bonds is 7. The van der Waals surface area contributed by atoms with E-state index in [1.165, 1.54) is 23.2 Å². The van der Waals surface area contributed by atoms with Crippen molar-refractivity contribution in [2.24, 2.45) is 0 Å². The minimum absolute atomic E-state index is 0. The summed E-state index contributed by atoms with van der Waals surface area (Å²) in [6.45, 7) is 1.30. The summed E-state index contributed by atoms with van der Waals surface area (Å²) in [5.74, 6) is -0.323. The molecule has 2 rings (SSSR count). The maximum atomic E-state index is 12.0. The van der Waals surface area contributed by atoms with Gasteiger partial charge in [0.15, 0.2) is 0 Å². The third kappa shape index (κ3) is 5.48. The van der Waals surface area contributed by atoms with Gasteiger partial charge < -0.3 is 15.2 Å². The van der Waals surface area contributed by atoms with Crippen molar-refractivity contribution in [3.8, 4) is 5.69 Å². The van der Waals surface area contributed by atoms with Gasteiger partial charge in [0.1, 0.15) is 5.69 Å². The lowest BCUT2D eigenvalue weighted by atomic mass is 10.1. The Morgan fingerprint density at radius 2 is 2.08 bits per heavy atom. The van der Waals surface area contributed by atoms with Crippen LogP contribution in [0.25, 0.3) is 5.69 Å². The van der Waals surface area contributed by atoms with Gasteiger partial charge in [0.25, 0.3) is 11.6 Å². The van der Waals surface area contributed by atoms with Crippen LogP contribution < -0.4 is 10.6 Å². The first-order valence-corrected chi connectivity index (χ1v) is 6.83. The van der Waals surface area contributed by atoms with E-state index in [9.17, 15) is 14.9 Å². The molecule has 2 N–H and O–H groups in total. The van der Waals surface area contributed by atoms with E-state index >= 15 is 0 Å². The number of nitrogens with one attached hydrogen (secondary N) is 2. The lowest BCUT2D eigenvalue weighted by Gasteiger charge is -2.07. The number of hydrogen-bond acceptors (Lipinski definition) is 5. The van der Waals surface area contributed by atoms with Gasteiger partial charge in [-0.1, -0.05) is 0 Å². The number of carbonyl (C=O) groups excluding carboxylic acids is 1. The Morgan fingerprint density at radius 1 is 1.33 bits per heavy atom. The summed E-state index contributed by atoms with van der Waals surface area (Å²) >= 11 is 0. The fourth-order valence-corrected chi connectivity index (χ4v) is 2.00. The zero-order chi connectivity index (χ0) is 15.9. The number of amides is 1. The van der Waals surface area contributed by atoms with E-state index in [1.54, 1.807) is 18.3 Å². The van der Waals surface area contributed by atoms with Crippen molar-refractivity contribution >= 4 is 36.4 Å². The van der Waals surface area contributed by atoms with Crippen molar-refractivity contribution in [2.45, 2.75) is 6.42 Å². The van der Waals surface area contributed by atoms with Crippen LogP contribution in [0.15, 0.2) is 36.9 Å². The van der Waals surface area contributed by atoms with E-state index in [4.69, 9.17) is 0 Å². The lowest BCUT2D eigenvalue weighted by molar-refractivity contribution is -0.384. The van der Waals surface area contributed by atoms with Crippen molar-refractivity contribution in [1.29, 1.82) is 0 Å². The van der Waals surface area contributed by atoms with Crippen LogP contribution in [0.4, 0.5) is 5.69 Å². The Morgan fingerprint density at radius 3 is 2.67 bits per heavy atom. The number of nitro groups is 1. The number of imidazole rings is 1. The predicted octanol–water partition coefficient (Wildman–Crippen LogP) is 1.96. The van der Waals surface area contributed by atoms with Crippen LogP contribution in [0.2, 0.25) is 0 Å². The van der Waals surface area contributed by atoms with E-state index in [2.05, 4.69) is 15.6 Å². The molecule has 10 heteroatoms. The van der Waals surface area contributed by atoms with Crippen molar-refractivity contribution in [1.82, 2.24) is 20.2 Å². The highest BCUT2D eigenvalue weighted by molar-refractivity contribution is 5.95. The highest BCUT2D eigenvalue weighted by atomic mass is 35.5. The fraction of sp³-hybridized carbons (Fsp3) is 0.286. The first-order chi connectivity index (χ1) is 10.6. The second kappa shape index (κ2) is 10.6. The average molecular weight is 376 g/mol. The van der Waals surface area contributed by atoms with Crippen LogP contribution in [0.1, 0.15) is 16.8 Å². The molecule has 2 aromatic rings. The quantitative estimate of drug-likeness (QED) is 0.437. The van der Waals surface area contributed by atoms with Crippen LogP contribution in [0.3, 0.4) is 0 Å². The SMILES string of the molecule is CNCCCNC(=O)c1ccc(-n2ccnc2)c([N+](=O)[O-])c1.Cl.Cl. The van der Waals surface area contributed by atoms with Gasteiger partial charge in [-0.25, -0.2) is 4.98 Å². The summed E-state index contributed by atoms with van der Waals surface area (Å²) < 4.78 is 1.53. The molecule has 1 amide bonds. The van der Waals surface area contributed by atoms with E-state index < -0.39 is 4.92 Å². The number of halogens is 2. The standard InChI is InChI=1S/C14H17N5O3.2ClH/c1-15-5-2-6-17-14(20)11-3-4-12(13(9-11)19(21)22)18-8-7-16-10-18;;/h3-4,7-10,15H,2,5-6H2,1H3,(H,17,20);2*1H. The molecule has 0 fully saturated rings. The van der Waals surface area contributed by atoms with Gasteiger partial charge in [0.2, 0.25) is 0 Å². The Bertz CT molecular complexity index is 664. The molecular formula is C14H19Cl2N5O3. The molecule has 0 aliphatic carbocycles. The Hall–Kier alpha value is -2.16. The zero-order valence-corrected chi connectivity index (χ0v) is 14.6. The minimum atomic E-state index is -0.507. The number of aromatic nitrogens is 2. The Labute approximate surface area is 151 Å². The van der Waals surface area contributed by atoms with Crippen molar-refractivity contribution < 1.29 is 9.72 Å². The summed E-state index contributed by atoms with van der Waals surface area (Å²) in [5, 5.41) is 16.9. The van der Waals surface area contributed by atoms with Crippen LogP contribution in [0, 0.1) is 10.1 Å². The molecule has 0 bridgehead atoms. The summed E-state index contributed by atoms with van der Waals surface area (Å²) in [4.78, 5) is 26.6. The zero-order valence-electron chi connectivity index (χ0n) is 13.0. The number of nitro benzene ring substituents is 1. The highest BCUT2D eigenvalue weighted by Crippen LogP contribution is 2.24. The van der Waals surface area contributed by atoms with Gasteiger partial charge in [-0.2, -0.15) is 0 Å². The number of benzene rings is 1. The van der Waals surface area contributed by atoms with Gasteiger partial charge in [0, 0.05) is 30.6 Å². The maximum Gasteiger partial charge on any atom is 0.294 e. The Balaban J connectivity index is 0.00000264. The molecule has 0 radical (unpaired) electrons. The van der Waals surface area contributed by atoms with Gasteiger partial charge in [-0.05, 0) is 32.1 Å². The maximum absolute atomic E-state index is 12.0. The summed E-state index contributed by atoms with van der Waals surface area (Å²) in [7, 11) is 1.83. The summed E-state index contributed by atoms with van der Waals surface area (Å²) in [6, 6.07) is 4.39. The molecule has 132 valence electrons. The molecule has 0 atom stereocenters. The van der Waals surface area contributed by atoms with E-state index in [0.29, 0.717) is 12.2 Å². The third-order valence-corrected chi connectivity index (χ3v) is 3.11. The van der Waals surface area contributed by atoms with Crippen LogP contribution in [-0.2, 0) is 0 Å². The largest absolute Gasteiger partial charge is 0.352 e. The van der Waals surface area contributed by atoms with Gasteiger partial charge in [-0.3, -0.25) is 14.9 Å². The molecule has 0 saturated carbocycles. The predicted molar refractivity (Wildman–Crippen MR) is 95.6 cm³/mol. The molecule has 24 heavy (non-hydrogen) atoms. The van der Waals surface area contributed by atoms with E-state index in [0.717, 1.165) is 13.0 Å². The molecule has 0 unspecified atom stereocenters. The smallest absolute Gasteiger partial charge is 0.294 e. The monoisotopic (exact) mass is 375 g/mol. The van der Waals surface area contributed by atoms with Gasteiger partial charge >= 0.3 is 0 Å². The molecule has 1 heterocycles. The third-order valence-electron chi connectivity index (χ3n) is 3.11. The second-order valence-corrected chi connectivity index (χ2v) is 4.64. The normalized spacial score (nSPS) is 9.54. The summed E-state index contributed by atoms with van der Waals surface area (Å²) in [6.07, 6.45) is 5.41. The summed E-state index contributed by atoms with van der Waals surface area (Å²) in [5.41, 5.74) is 0.495. The molecule has 1 aromatic heterocycles. The van der Waals surface area contributed by atoms with Crippen LogP contribution >= 0.6 is 24.8 Å². The molecule has 0 saturated heterocycles. The van der Waals surface area contributed by atoms with Crippen molar-refractivity contribution in [3.05, 3.63) is 52.6 Å². The topological polar surface area (TPSA) is 102 Å². The number of carbonyl (C=O) groups is 1. The molecule has 0 spiro atoms. The number of hydrogen-bond donors (Lipinski definition) is 2. The van der Waals surface area contributed by atoms with Crippen molar-refractivity contribution in [2.75, 3.05) is 20.1 Å². The van der Waals surface area contributed by atoms with Crippen molar-refractivity contribution in [3.63, 3.8) is 0 Å². The molecule has 1 aromatic carbocycles. The van der Waals surface area contributed by atoms with Crippen LogP contribution in [-0.4, -0.2) is 40.5 Å². The molecule has 0 aliphatic heterocycles. The van der Waals surface area contributed by atoms with E-state index in [-0.39, 0.29) is 42.0 Å². The molecule has 8 nitrogen and oxygen atoms in total. The second-order valence-electron chi connectivity index (χ2n) is 4.64. The van der Waals surface area contributed by atoms with Gasteiger partial charge in [0.05, 0.1) is 11.3 Å². The molecule has 0 aliphatic rings.